The average molecular weight is 372 g/mol. The van der Waals surface area contributed by atoms with Crippen molar-refractivity contribution in [3.05, 3.63) is 52.2 Å². The predicted molar refractivity (Wildman–Crippen MR) is 99.4 cm³/mol. The van der Waals surface area contributed by atoms with Gasteiger partial charge in [-0.05, 0) is 48.6 Å². The van der Waals surface area contributed by atoms with Gasteiger partial charge in [-0.3, -0.25) is 9.59 Å². The zero-order chi connectivity index (χ0) is 18.5. The lowest BCUT2D eigenvalue weighted by Gasteiger charge is -2.31. The van der Waals surface area contributed by atoms with Gasteiger partial charge < -0.3 is 15.0 Å². The first kappa shape index (κ1) is 18.1. The van der Waals surface area contributed by atoms with Crippen LogP contribution in [0, 0.1) is 5.92 Å². The highest BCUT2D eigenvalue weighted by molar-refractivity contribution is 7.12. The van der Waals surface area contributed by atoms with E-state index < -0.39 is 5.97 Å². The molecule has 0 bridgehead atoms. The highest BCUT2D eigenvalue weighted by Crippen LogP contribution is 2.22. The van der Waals surface area contributed by atoms with Crippen LogP contribution in [-0.4, -0.2) is 42.9 Å². The van der Waals surface area contributed by atoms with Crippen molar-refractivity contribution in [1.29, 1.82) is 0 Å². The number of esters is 1. The third-order valence-electron chi connectivity index (χ3n) is 4.46. The van der Waals surface area contributed by atoms with Crippen molar-refractivity contribution in [1.82, 2.24) is 4.90 Å². The number of nitrogens with one attached hydrogen (secondary N) is 1. The fraction of sp³-hybridized carbons (Fsp3) is 0.316. The lowest BCUT2D eigenvalue weighted by molar-refractivity contribution is -0.121. The number of hydrogen-bond acceptors (Lipinski definition) is 5. The molecule has 1 N–H and O–H groups in total. The smallest absolute Gasteiger partial charge is 0.337 e. The molecule has 1 aliphatic rings. The van der Waals surface area contributed by atoms with Gasteiger partial charge in [-0.1, -0.05) is 6.07 Å². The number of likely N-dealkylation sites (tertiary alicyclic amines) is 1. The molecule has 0 unspecified atom stereocenters. The molecule has 0 saturated carbocycles. The van der Waals surface area contributed by atoms with Crippen LogP contribution in [0.3, 0.4) is 0 Å². The molecule has 2 amide bonds. The van der Waals surface area contributed by atoms with Crippen LogP contribution in [0.25, 0.3) is 0 Å². The van der Waals surface area contributed by atoms with Crippen molar-refractivity contribution >= 4 is 34.8 Å². The highest BCUT2D eigenvalue weighted by Gasteiger charge is 2.28. The maximum atomic E-state index is 12.4. The summed E-state index contributed by atoms with van der Waals surface area (Å²) < 4.78 is 4.65. The Kier molecular flexibility index (Phi) is 5.68. The molecular weight excluding hydrogens is 352 g/mol. The van der Waals surface area contributed by atoms with Crippen LogP contribution >= 0.6 is 11.3 Å². The number of anilines is 1. The number of carbonyl (C=O) groups excluding carboxylic acids is 3. The van der Waals surface area contributed by atoms with Crippen LogP contribution < -0.4 is 5.32 Å². The normalized spacial score (nSPS) is 14.7. The molecule has 2 aromatic rings. The molecular formula is C19H20N2O4S. The maximum absolute atomic E-state index is 12.4. The van der Waals surface area contributed by atoms with E-state index in [1.807, 2.05) is 17.5 Å². The van der Waals surface area contributed by atoms with Gasteiger partial charge in [0.15, 0.2) is 0 Å². The largest absolute Gasteiger partial charge is 0.465 e. The lowest BCUT2D eigenvalue weighted by Crippen LogP contribution is -2.41. The summed E-state index contributed by atoms with van der Waals surface area (Å²) in [6, 6.07) is 10.3. The molecule has 2 heterocycles. The molecule has 1 saturated heterocycles. The number of ether oxygens (including phenoxy) is 1. The minimum atomic E-state index is -0.411. The number of thiophene rings is 1. The second-order valence-electron chi connectivity index (χ2n) is 6.10. The van der Waals surface area contributed by atoms with E-state index >= 15 is 0 Å². The molecule has 0 spiro atoms. The monoisotopic (exact) mass is 372 g/mol. The molecule has 0 aliphatic carbocycles. The topological polar surface area (TPSA) is 75.7 Å². The lowest BCUT2D eigenvalue weighted by atomic mass is 9.95. The van der Waals surface area contributed by atoms with Crippen LogP contribution in [0.4, 0.5) is 5.69 Å². The van der Waals surface area contributed by atoms with E-state index in [9.17, 15) is 14.4 Å². The van der Waals surface area contributed by atoms with Crippen LogP contribution in [0.1, 0.15) is 32.9 Å². The maximum Gasteiger partial charge on any atom is 0.337 e. The van der Waals surface area contributed by atoms with Crippen LogP contribution in [0.15, 0.2) is 41.8 Å². The van der Waals surface area contributed by atoms with E-state index in [-0.39, 0.29) is 17.7 Å². The summed E-state index contributed by atoms with van der Waals surface area (Å²) in [7, 11) is 1.33. The Morgan fingerprint density at radius 1 is 1.12 bits per heavy atom. The number of benzene rings is 1. The van der Waals surface area contributed by atoms with E-state index in [2.05, 4.69) is 10.1 Å². The average Bonchev–Trinajstić information content (AvgIpc) is 3.22. The van der Waals surface area contributed by atoms with Gasteiger partial charge in [0.2, 0.25) is 5.91 Å². The van der Waals surface area contributed by atoms with Gasteiger partial charge in [0.05, 0.1) is 17.6 Å². The first-order valence-electron chi connectivity index (χ1n) is 8.40. The van der Waals surface area contributed by atoms with Crippen LogP contribution in [-0.2, 0) is 9.53 Å². The van der Waals surface area contributed by atoms with Crippen molar-refractivity contribution in [2.75, 3.05) is 25.5 Å². The number of rotatable bonds is 4. The fourth-order valence-corrected chi connectivity index (χ4v) is 3.64. The zero-order valence-corrected chi connectivity index (χ0v) is 15.3. The van der Waals surface area contributed by atoms with E-state index in [1.54, 1.807) is 29.2 Å². The second-order valence-corrected chi connectivity index (χ2v) is 7.05. The van der Waals surface area contributed by atoms with Gasteiger partial charge in [-0.25, -0.2) is 4.79 Å². The minimum Gasteiger partial charge on any atom is -0.465 e. The summed E-state index contributed by atoms with van der Waals surface area (Å²) in [5.41, 5.74) is 1.07. The molecule has 1 fully saturated rings. The molecule has 3 rings (SSSR count). The van der Waals surface area contributed by atoms with Gasteiger partial charge in [-0.2, -0.15) is 0 Å². The molecule has 0 atom stereocenters. The molecule has 1 aromatic heterocycles. The summed E-state index contributed by atoms with van der Waals surface area (Å²) in [6.45, 7) is 1.16. The molecule has 136 valence electrons. The molecule has 0 radical (unpaired) electrons. The van der Waals surface area contributed by atoms with Crippen LogP contribution in [0.2, 0.25) is 0 Å². The van der Waals surface area contributed by atoms with Gasteiger partial charge in [0, 0.05) is 24.7 Å². The zero-order valence-electron chi connectivity index (χ0n) is 14.4. The summed E-state index contributed by atoms with van der Waals surface area (Å²) in [5.74, 6) is -0.551. The van der Waals surface area contributed by atoms with Crippen molar-refractivity contribution in [3.8, 4) is 0 Å². The Morgan fingerprint density at radius 3 is 2.38 bits per heavy atom. The van der Waals surface area contributed by atoms with Gasteiger partial charge in [0.25, 0.3) is 5.91 Å². The van der Waals surface area contributed by atoms with E-state index in [1.165, 1.54) is 18.4 Å². The van der Waals surface area contributed by atoms with Crippen molar-refractivity contribution in [2.45, 2.75) is 12.8 Å². The Labute approximate surface area is 155 Å². The summed E-state index contributed by atoms with van der Waals surface area (Å²) in [6.07, 6.45) is 1.28. The number of carbonyl (C=O) groups is 3. The van der Waals surface area contributed by atoms with Gasteiger partial charge in [0.1, 0.15) is 0 Å². The van der Waals surface area contributed by atoms with E-state index in [0.717, 1.165) is 4.88 Å². The summed E-state index contributed by atoms with van der Waals surface area (Å²) in [4.78, 5) is 38.7. The summed E-state index contributed by atoms with van der Waals surface area (Å²) >= 11 is 1.43. The third-order valence-corrected chi connectivity index (χ3v) is 5.32. The van der Waals surface area contributed by atoms with Gasteiger partial charge in [-0.15, -0.1) is 11.3 Å². The van der Waals surface area contributed by atoms with E-state index in [4.69, 9.17) is 0 Å². The molecule has 6 nitrogen and oxygen atoms in total. The quantitative estimate of drug-likeness (QED) is 0.837. The highest BCUT2D eigenvalue weighted by atomic mass is 32.1. The Morgan fingerprint density at radius 2 is 1.81 bits per heavy atom. The Hall–Kier alpha value is -2.67. The fourth-order valence-electron chi connectivity index (χ4n) is 2.95. The van der Waals surface area contributed by atoms with Gasteiger partial charge >= 0.3 is 5.97 Å². The number of hydrogen-bond donors (Lipinski definition) is 1. The van der Waals surface area contributed by atoms with Crippen molar-refractivity contribution in [2.24, 2.45) is 5.92 Å². The van der Waals surface area contributed by atoms with Crippen LogP contribution in [0.5, 0.6) is 0 Å². The summed E-state index contributed by atoms with van der Waals surface area (Å²) in [5, 5.41) is 4.76. The second kappa shape index (κ2) is 8.14. The van der Waals surface area contributed by atoms with Crippen molar-refractivity contribution in [3.63, 3.8) is 0 Å². The SMILES string of the molecule is COC(=O)c1ccc(NC(=O)C2CCN(C(=O)c3cccs3)CC2)cc1. The molecule has 7 heteroatoms. The Bertz CT molecular complexity index is 778. The predicted octanol–water partition coefficient (Wildman–Crippen LogP) is 3.03. The number of piperidine rings is 1. The molecule has 26 heavy (non-hydrogen) atoms. The number of nitrogens with zero attached hydrogens (tertiary/aromatic N) is 1. The first-order valence-corrected chi connectivity index (χ1v) is 9.28. The third kappa shape index (κ3) is 4.11. The molecule has 1 aliphatic heterocycles. The van der Waals surface area contributed by atoms with E-state index in [0.29, 0.717) is 37.2 Å². The van der Waals surface area contributed by atoms with Crippen molar-refractivity contribution < 1.29 is 19.1 Å². The molecule has 1 aromatic carbocycles. The first-order chi connectivity index (χ1) is 12.6. The number of methoxy groups -OCH3 is 1. The standard InChI is InChI=1S/C19H20N2O4S/c1-25-19(24)14-4-6-15(7-5-14)20-17(22)13-8-10-21(11-9-13)18(23)16-3-2-12-26-16/h2-7,12-13H,8-11H2,1H3,(H,20,22). The number of amides is 2. The minimum absolute atomic E-state index is 0.0391. The Balaban J connectivity index is 1.52.